The third-order valence-electron chi connectivity index (χ3n) is 5.27. The van der Waals surface area contributed by atoms with Gasteiger partial charge in [-0.3, -0.25) is 4.79 Å². The number of amides is 3. The second kappa shape index (κ2) is 6.81. The Labute approximate surface area is 150 Å². The summed E-state index contributed by atoms with van der Waals surface area (Å²) in [7, 11) is 0. The maximum absolute atomic E-state index is 12.8. The number of urea groups is 1. The van der Waals surface area contributed by atoms with E-state index < -0.39 is 17.3 Å². The summed E-state index contributed by atoms with van der Waals surface area (Å²) in [6.45, 7) is 3.53. The fraction of sp³-hybridized carbons (Fsp3) is 0.556. The Hall–Kier alpha value is -2.25. The lowest BCUT2D eigenvalue weighted by Gasteiger charge is -2.38. The van der Waals surface area contributed by atoms with Crippen LogP contribution in [0.15, 0.2) is 24.3 Å². The number of halogens is 3. The largest absolute Gasteiger partial charge is 0.416 e. The molecule has 8 heteroatoms. The minimum atomic E-state index is -4.38. The van der Waals surface area contributed by atoms with Crippen LogP contribution in [0.25, 0.3) is 0 Å². The van der Waals surface area contributed by atoms with Gasteiger partial charge in [0.25, 0.3) is 0 Å². The number of likely N-dealkylation sites (tertiary alicyclic amines) is 1. The molecule has 3 rings (SSSR count). The lowest BCUT2D eigenvalue weighted by atomic mass is 9.88. The summed E-state index contributed by atoms with van der Waals surface area (Å²) in [6.07, 6.45) is -2.15. The zero-order valence-electron chi connectivity index (χ0n) is 14.6. The molecule has 142 valence electrons. The van der Waals surface area contributed by atoms with Crippen molar-refractivity contribution in [2.75, 3.05) is 26.2 Å². The van der Waals surface area contributed by atoms with E-state index in [0.717, 1.165) is 25.0 Å². The third-order valence-corrected chi connectivity index (χ3v) is 5.27. The third kappa shape index (κ3) is 3.50. The van der Waals surface area contributed by atoms with E-state index in [4.69, 9.17) is 0 Å². The standard InChI is InChI=1S/C18H22F3N3O2/c1-17(13-4-6-14(7-5-13)18(19,20)21)8-2-11-24(17)15(25)12-23-10-3-9-22-16(23)26/h4-7H,2-3,8-12H2,1H3,(H,22,26). The van der Waals surface area contributed by atoms with Crippen molar-refractivity contribution in [3.8, 4) is 0 Å². The van der Waals surface area contributed by atoms with Gasteiger partial charge in [-0.05, 0) is 43.9 Å². The molecule has 2 aliphatic heterocycles. The van der Waals surface area contributed by atoms with Crippen LogP contribution in [0.4, 0.5) is 18.0 Å². The molecule has 1 unspecified atom stereocenters. The molecule has 0 aromatic heterocycles. The summed E-state index contributed by atoms with van der Waals surface area (Å²) < 4.78 is 38.4. The summed E-state index contributed by atoms with van der Waals surface area (Å²) >= 11 is 0. The van der Waals surface area contributed by atoms with Crippen LogP contribution < -0.4 is 5.32 Å². The molecular weight excluding hydrogens is 347 g/mol. The maximum atomic E-state index is 12.8. The topological polar surface area (TPSA) is 52.7 Å². The van der Waals surface area contributed by atoms with Crippen molar-refractivity contribution in [1.29, 1.82) is 0 Å². The van der Waals surface area contributed by atoms with Crippen LogP contribution in [0.2, 0.25) is 0 Å². The first kappa shape index (κ1) is 18.5. The molecule has 2 heterocycles. The Morgan fingerprint density at radius 1 is 1.19 bits per heavy atom. The average molecular weight is 369 g/mol. The Morgan fingerprint density at radius 2 is 1.88 bits per heavy atom. The van der Waals surface area contributed by atoms with Gasteiger partial charge in [-0.2, -0.15) is 13.2 Å². The van der Waals surface area contributed by atoms with E-state index in [0.29, 0.717) is 31.6 Å². The van der Waals surface area contributed by atoms with Crippen LogP contribution in [0, 0.1) is 0 Å². The molecule has 1 N–H and O–H groups in total. The van der Waals surface area contributed by atoms with Gasteiger partial charge in [-0.1, -0.05) is 12.1 Å². The molecule has 1 aromatic rings. The second-order valence-corrected chi connectivity index (χ2v) is 7.00. The van der Waals surface area contributed by atoms with E-state index in [-0.39, 0.29) is 18.5 Å². The fourth-order valence-electron chi connectivity index (χ4n) is 3.76. The summed E-state index contributed by atoms with van der Waals surface area (Å²) in [5.41, 5.74) is -0.682. The van der Waals surface area contributed by atoms with Crippen molar-refractivity contribution in [1.82, 2.24) is 15.1 Å². The van der Waals surface area contributed by atoms with Crippen LogP contribution in [0.3, 0.4) is 0 Å². The molecule has 0 aliphatic carbocycles. The molecule has 1 atom stereocenters. The first-order chi connectivity index (χ1) is 12.2. The molecule has 2 fully saturated rings. The summed E-state index contributed by atoms with van der Waals surface area (Å²) in [4.78, 5) is 27.8. The lowest BCUT2D eigenvalue weighted by molar-refractivity contribution is -0.138. The smallest absolute Gasteiger partial charge is 0.338 e. The van der Waals surface area contributed by atoms with Gasteiger partial charge in [-0.25, -0.2) is 4.79 Å². The van der Waals surface area contributed by atoms with Crippen molar-refractivity contribution in [3.05, 3.63) is 35.4 Å². The maximum Gasteiger partial charge on any atom is 0.416 e. The zero-order chi connectivity index (χ0) is 18.9. The average Bonchev–Trinajstić information content (AvgIpc) is 2.99. The van der Waals surface area contributed by atoms with Gasteiger partial charge in [-0.15, -0.1) is 0 Å². The quantitative estimate of drug-likeness (QED) is 0.891. The summed E-state index contributed by atoms with van der Waals surface area (Å²) in [5, 5.41) is 2.71. The number of carbonyl (C=O) groups is 2. The number of carbonyl (C=O) groups excluding carboxylic acids is 2. The summed E-state index contributed by atoms with van der Waals surface area (Å²) in [6, 6.07) is 4.75. The number of rotatable bonds is 3. The highest BCUT2D eigenvalue weighted by atomic mass is 19.4. The van der Waals surface area contributed by atoms with Gasteiger partial charge in [0.1, 0.15) is 6.54 Å². The highest BCUT2D eigenvalue weighted by Gasteiger charge is 2.42. The lowest BCUT2D eigenvalue weighted by Crippen LogP contribution is -2.53. The minimum Gasteiger partial charge on any atom is -0.338 e. The van der Waals surface area contributed by atoms with Crippen LogP contribution in [-0.4, -0.2) is 47.9 Å². The predicted molar refractivity (Wildman–Crippen MR) is 89.3 cm³/mol. The Balaban J connectivity index is 1.77. The molecule has 2 aliphatic rings. The first-order valence-corrected chi connectivity index (χ1v) is 8.73. The van der Waals surface area contributed by atoms with Gasteiger partial charge in [0, 0.05) is 19.6 Å². The van der Waals surface area contributed by atoms with E-state index in [2.05, 4.69) is 5.32 Å². The molecule has 0 radical (unpaired) electrons. The minimum absolute atomic E-state index is 0.0118. The van der Waals surface area contributed by atoms with Crippen LogP contribution in [-0.2, 0) is 16.5 Å². The van der Waals surface area contributed by atoms with E-state index in [1.165, 1.54) is 17.0 Å². The number of hydrogen-bond acceptors (Lipinski definition) is 2. The van der Waals surface area contributed by atoms with Gasteiger partial charge in [0.05, 0.1) is 11.1 Å². The van der Waals surface area contributed by atoms with E-state index in [1.54, 1.807) is 4.90 Å². The van der Waals surface area contributed by atoms with E-state index in [1.807, 2.05) is 6.92 Å². The predicted octanol–water partition coefficient (Wildman–Crippen LogP) is 2.96. The Bertz CT molecular complexity index is 690. The normalized spacial score (nSPS) is 23.9. The van der Waals surface area contributed by atoms with Gasteiger partial charge in [0.15, 0.2) is 0 Å². The van der Waals surface area contributed by atoms with Crippen molar-refractivity contribution < 1.29 is 22.8 Å². The number of hydrogen-bond donors (Lipinski definition) is 1. The fourth-order valence-corrected chi connectivity index (χ4v) is 3.76. The molecule has 1 aromatic carbocycles. The Morgan fingerprint density at radius 3 is 2.50 bits per heavy atom. The second-order valence-electron chi connectivity index (χ2n) is 7.00. The number of benzene rings is 1. The van der Waals surface area contributed by atoms with Crippen molar-refractivity contribution in [2.45, 2.75) is 37.9 Å². The van der Waals surface area contributed by atoms with Crippen LogP contribution in [0.5, 0.6) is 0 Å². The number of nitrogens with zero attached hydrogens (tertiary/aromatic N) is 2. The zero-order valence-corrected chi connectivity index (χ0v) is 14.6. The van der Waals surface area contributed by atoms with Gasteiger partial charge in [0.2, 0.25) is 5.91 Å². The Kier molecular flexibility index (Phi) is 4.86. The first-order valence-electron chi connectivity index (χ1n) is 8.73. The molecule has 0 bridgehead atoms. The van der Waals surface area contributed by atoms with Gasteiger partial charge < -0.3 is 15.1 Å². The highest BCUT2D eigenvalue weighted by molar-refractivity contribution is 5.85. The van der Waals surface area contributed by atoms with Crippen LogP contribution >= 0.6 is 0 Å². The van der Waals surface area contributed by atoms with Crippen molar-refractivity contribution in [2.24, 2.45) is 0 Å². The van der Waals surface area contributed by atoms with Crippen molar-refractivity contribution in [3.63, 3.8) is 0 Å². The van der Waals surface area contributed by atoms with Crippen molar-refractivity contribution >= 4 is 11.9 Å². The van der Waals surface area contributed by atoms with Crippen LogP contribution in [0.1, 0.15) is 37.3 Å². The molecular formula is C18H22F3N3O2. The molecule has 26 heavy (non-hydrogen) atoms. The monoisotopic (exact) mass is 369 g/mol. The molecule has 3 amide bonds. The molecule has 5 nitrogen and oxygen atoms in total. The van der Waals surface area contributed by atoms with E-state index in [9.17, 15) is 22.8 Å². The van der Waals surface area contributed by atoms with Gasteiger partial charge >= 0.3 is 12.2 Å². The SMILES string of the molecule is CC1(c2ccc(C(F)(F)F)cc2)CCCN1C(=O)CN1CCCNC1=O. The molecule has 2 saturated heterocycles. The molecule has 0 spiro atoms. The summed E-state index contributed by atoms with van der Waals surface area (Å²) in [5.74, 6) is -0.179. The van der Waals surface area contributed by atoms with E-state index >= 15 is 0 Å². The molecule has 0 saturated carbocycles. The number of alkyl halides is 3. The highest BCUT2D eigenvalue weighted by Crippen LogP contribution is 2.40. The number of nitrogens with one attached hydrogen (secondary N) is 1.